The molecule has 1 aromatic carbocycles. The molecule has 5 rings (SSSR count). The summed E-state index contributed by atoms with van der Waals surface area (Å²) >= 11 is 1.52. The third-order valence-corrected chi connectivity index (χ3v) is 6.44. The molecular formula is C21H21FN4OS. The minimum absolute atomic E-state index is 0.156. The van der Waals surface area contributed by atoms with Crippen molar-refractivity contribution < 1.29 is 9.18 Å². The molecule has 28 heavy (non-hydrogen) atoms. The van der Waals surface area contributed by atoms with E-state index in [0.29, 0.717) is 29.4 Å². The van der Waals surface area contributed by atoms with Gasteiger partial charge in [-0.2, -0.15) is 0 Å². The molecule has 0 radical (unpaired) electrons. The van der Waals surface area contributed by atoms with E-state index in [1.807, 2.05) is 29.5 Å². The number of aromatic nitrogens is 3. The summed E-state index contributed by atoms with van der Waals surface area (Å²) in [4.78, 5) is 20.5. The van der Waals surface area contributed by atoms with E-state index in [2.05, 4.69) is 10.1 Å². The number of thiophene rings is 1. The van der Waals surface area contributed by atoms with Gasteiger partial charge in [0.25, 0.3) is 5.91 Å². The van der Waals surface area contributed by atoms with E-state index in [1.165, 1.54) is 49.2 Å². The Balaban J connectivity index is 1.53. The van der Waals surface area contributed by atoms with Crippen LogP contribution in [0.3, 0.4) is 0 Å². The second-order valence-corrected chi connectivity index (χ2v) is 8.66. The average Bonchev–Trinajstić information content (AvgIpc) is 3.60. The minimum atomic E-state index is -0.349. The minimum Gasteiger partial charge on any atom is -0.335 e. The Hall–Kier alpha value is -2.54. The van der Waals surface area contributed by atoms with Crippen LogP contribution in [0.15, 0.2) is 41.8 Å². The van der Waals surface area contributed by atoms with Gasteiger partial charge in [-0.3, -0.25) is 4.79 Å². The molecule has 3 aromatic rings. The van der Waals surface area contributed by atoms with Crippen molar-refractivity contribution in [3.05, 3.63) is 53.4 Å². The van der Waals surface area contributed by atoms with Crippen molar-refractivity contribution in [3.8, 4) is 16.4 Å². The Kier molecular flexibility index (Phi) is 4.27. The molecule has 1 amide bonds. The van der Waals surface area contributed by atoms with E-state index < -0.39 is 0 Å². The van der Waals surface area contributed by atoms with Crippen LogP contribution in [0.5, 0.6) is 0 Å². The smallest absolute Gasteiger partial charge is 0.293 e. The Morgan fingerprint density at radius 2 is 1.96 bits per heavy atom. The zero-order valence-electron chi connectivity index (χ0n) is 15.6. The van der Waals surface area contributed by atoms with Gasteiger partial charge in [0.2, 0.25) is 5.82 Å². The summed E-state index contributed by atoms with van der Waals surface area (Å²) in [7, 11) is 1.87. The molecule has 2 aliphatic rings. The number of carbonyl (C=O) groups excluding carboxylic acids is 1. The van der Waals surface area contributed by atoms with Crippen molar-refractivity contribution in [3.63, 3.8) is 0 Å². The first-order chi connectivity index (χ1) is 13.6. The highest BCUT2D eigenvalue weighted by Gasteiger charge is 2.45. The van der Waals surface area contributed by atoms with Crippen molar-refractivity contribution >= 4 is 17.2 Å². The summed E-state index contributed by atoms with van der Waals surface area (Å²) in [5.41, 5.74) is 0.554. The SMILES string of the molecule is CN(C(=O)c1nc(-c2cccs2)n(-c2cccc(F)c2)n1)C(C1CC1)C1CC1. The molecule has 0 spiro atoms. The molecule has 0 bridgehead atoms. The number of rotatable bonds is 6. The van der Waals surface area contributed by atoms with Crippen LogP contribution in [0.2, 0.25) is 0 Å². The van der Waals surface area contributed by atoms with E-state index in [0.717, 1.165) is 4.88 Å². The van der Waals surface area contributed by atoms with Crippen LogP contribution < -0.4 is 0 Å². The predicted molar refractivity (Wildman–Crippen MR) is 106 cm³/mol. The molecule has 0 atom stereocenters. The van der Waals surface area contributed by atoms with Crippen LogP contribution in [-0.2, 0) is 0 Å². The number of amides is 1. The Bertz CT molecular complexity index is 995. The van der Waals surface area contributed by atoms with E-state index in [-0.39, 0.29) is 17.5 Å². The van der Waals surface area contributed by atoms with E-state index in [9.17, 15) is 9.18 Å². The lowest BCUT2D eigenvalue weighted by Gasteiger charge is -2.27. The summed E-state index contributed by atoms with van der Waals surface area (Å²) in [6.45, 7) is 0. The maximum absolute atomic E-state index is 13.8. The Morgan fingerprint density at radius 3 is 2.57 bits per heavy atom. The van der Waals surface area contributed by atoms with Crippen LogP contribution in [0.4, 0.5) is 4.39 Å². The molecule has 2 heterocycles. The summed E-state index contributed by atoms with van der Waals surface area (Å²) in [5, 5.41) is 6.44. The normalized spacial score (nSPS) is 16.5. The Labute approximate surface area is 166 Å². The summed E-state index contributed by atoms with van der Waals surface area (Å²) in [5.74, 6) is 1.45. The van der Waals surface area contributed by atoms with Gasteiger partial charge < -0.3 is 4.90 Å². The van der Waals surface area contributed by atoms with Crippen molar-refractivity contribution in [1.82, 2.24) is 19.7 Å². The largest absolute Gasteiger partial charge is 0.335 e. The molecule has 2 saturated carbocycles. The third-order valence-electron chi connectivity index (χ3n) is 5.57. The number of nitrogens with zero attached hydrogens (tertiary/aromatic N) is 4. The number of hydrogen-bond donors (Lipinski definition) is 0. The molecule has 0 aliphatic heterocycles. The lowest BCUT2D eigenvalue weighted by atomic mass is 10.1. The first-order valence-electron chi connectivity index (χ1n) is 9.66. The molecular weight excluding hydrogens is 375 g/mol. The van der Waals surface area contributed by atoms with Gasteiger partial charge in [-0.1, -0.05) is 12.1 Å². The van der Waals surface area contributed by atoms with Gasteiger partial charge in [-0.25, -0.2) is 14.1 Å². The van der Waals surface area contributed by atoms with E-state index in [4.69, 9.17) is 0 Å². The van der Waals surface area contributed by atoms with Crippen LogP contribution in [0.25, 0.3) is 16.4 Å². The highest BCUT2D eigenvalue weighted by molar-refractivity contribution is 7.13. The van der Waals surface area contributed by atoms with E-state index >= 15 is 0 Å². The molecule has 0 N–H and O–H groups in total. The topological polar surface area (TPSA) is 51.0 Å². The van der Waals surface area contributed by atoms with Crippen LogP contribution >= 0.6 is 11.3 Å². The lowest BCUT2D eigenvalue weighted by Crippen LogP contribution is -2.40. The number of benzene rings is 1. The summed E-state index contributed by atoms with van der Waals surface area (Å²) < 4.78 is 15.4. The number of halogens is 1. The van der Waals surface area contributed by atoms with Crippen molar-refractivity contribution in [2.45, 2.75) is 31.7 Å². The third kappa shape index (κ3) is 3.24. The molecule has 2 aliphatic carbocycles. The van der Waals surface area contributed by atoms with Crippen molar-refractivity contribution in [2.75, 3.05) is 7.05 Å². The molecule has 0 saturated heterocycles. The molecule has 2 aromatic heterocycles. The van der Waals surface area contributed by atoms with Crippen LogP contribution in [0.1, 0.15) is 36.3 Å². The fourth-order valence-electron chi connectivity index (χ4n) is 3.94. The maximum Gasteiger partial charge on any atom is 0.293 e. The predicted octanol–water partition coefficient (Wildman–Crippen LogP) is 4.40. The monoisotopic (exact) mass is 396 g/mol. The van der Waals surface area contributed by atoms with Gasteiger partial charge in [-0.05, 0) is 67.2 Å². The summed E-state index contributed by atoms with van der Waals surface area (Å²) in [6.07, 6.45) is 4.80. The molecule has 0 unspecified atom stereocenters. The standard InChI is InChI=1S/C21H21FN4OS/c1-25(18(13-7-8-13)14-9-10-14)21(27)19-23-20(17-6-3-11-28-17)26(24-19)16-5-2-4-15(22)12-16/h2-6,11-14,18H,7-10H2,1H3. The number of carbonyl (C=O) groups is 1. The second-order valence-electron chi connectivity index (χ2n) is 7.71. The Morgan fingerprint density at radius 1 is 1.21 bits per heavy atom. The van der Waals surface area contributed by atoms with Gasteiger partial charge in [0, 0.05) is 13.1 Å². The van der Waals surface area contributed by atoms with Gasteiger partial charge in [-0.15, -0.1) is 16.4 Å². The van der Waals surface area contributed by atoms with Gasteiger partial charge in [0.15, 0.2) is 5.82 Å². The fourth-order valence-corrected chi connectivity index (χ4v) is 4.64. The van der Waals surface area contributed by atoms with Gasteiger partial charge in [0.1, 0.15) is 5.82 Å². The summed E-state index contributed by atoms with van der Waals surface area (Å²) in [6, 6.07) is 10.3. The average molecular weight is 396 g/mol. The molecule has 144 valence electrons. The van der Waals surface area contributed by atoms with Crippen molar-refractivity contribution in [2.24, 2.45) is 11.8 Å². The van der Waals surface area contributed by atoms with Crippen LogP contribution in [-0.4, -0.2) is 38.7 Å². The quantitative estimate of drug-likeness (QED) is 0.621. The fraction of sp³-hybridized carbons (Fsp3) is 0.381. The van der Waals surface area contributed by atoms with E-state index in [1.54, 1.807) is 16.8 Å². The first-order valence-corrected chi connectivity index (χ1v) is 10.5. The highest BCUT2D eigenvalue weighted by atomic mass is 32.1. The molecule has 2 fully saturated rings. The maximum atomic E-state index is 13.8. The second kappa shape index (κ2) is 6.81. The zero-order valence-corrected chi connectivity index (χ0v) is 16.4. The van der Waals surface area contributed by atoms with Gasteiger partial charge in [0.05, 0.1) is 10.6 Å². The van der Waals surface area contributed by atoms with Gasteiger partial charge >= 0.3 is 0 Å². The number of hydrogen-bond acceptors (Lipinski definition) is 4. The molecule has 7 heteroatoms. The highest BCUT2D eigenvalue weighted by Crippen LogP contribution is 2.47. The first kappa shape index (κ1) is 17.6. The van der Waals surface area contributed by atoms with Crippen molar-refractivity contribution in [1.29, 1.82) is 0 Å². The van der Waals surface area contributed by atoms with Crippen LogP contribution in [0, 0.1) is 17.7 Å². The zero-order chi connectivity index (χ0) is 19.3. The lowest BCUT2D eigenvalue weighted by molar-refractivity contribution is 0.0677. The molecule has 5 nitrogen and oxygen atoms in total.